The van der Waals surface area contributed by atoms with Gasteiger partial charge in [0.05, 0.1) is 24.1 Å². The third-order valence-corrected chi connectivity index (χ3v) is 5.62. The molecule has 34 heavy (non-hydrogen) atoms. The molecule has 3 aromatic carbocycles. The second-order valence-corrected chi connectivity index (χ2v) is 8.13. The number of nitrogens with one attached hydrogen (secondary N) is 4. The summed E-state index contributed by atoms with van der Waals surface area (Å²) in [5.74, 6) is -0.222. The largest absolute Gasteiger partial charge is 0.453 e. The van der Waals surface area contributed by atoms with Gasteiger partial charge in [0.15, 0.2) is 0 Å². The summed E-state index contributed by atoms with van der Waals surface area (Å²) < 4.78 is 4.65. The Morgan fingerprint density at radius 3 is 2.32 bits per heavy atom. The Balaban J connectivity index is 1.74. The van der Waals surface area contributed by atoms with Gasteiger partial charge >= 0.3 is 6.09 Å². The van der Waals surface area contributed by atoms with Gasteiger partial charge < -0.3 is 20.7 Å². The van der Waals surface area contributed by atoms with Gasteiger partial charge in [-0.1, -0.05) is 48.9 Å². The van der Waals surface area contributed by atoms with Gasteiger partial charge in [-0.25, -0.2) is 4.79 Å². The molecule has 0 atom stereocenters. The van der Waals surface area contributed by atoms with E-state index in [1.54, 1.807) is 24.3 Å². The first-order valence-electron chi connectivity index (χ1n) is 10.9. The molecular formula is C26H25ClN4O3. The lowest BCUT2D eigenvalue weighted by Crippen LogP contribution is -2.12. The second kappa shape index (κ2) is 10.4. The van der Waals surface area contributed by atoms with E-state index in [4.69, 9.17) is 11.6 Å². The minimum Gasteiger partial charge on any atom is -0.453 e. The Kier molecular flexibility index (Phi) is 7.15. The highest BCUT2D eigenvalue weighted by molar-refractivity contribution is 6.38. The third-order valence-electron chi connectivity index (χ3n) is 5.38. The number of rotatable bonds is 7. The zero-order valence-electron chi connectivity index (χ0n) is 18.9. The Hall–Kier alpha value is -3.81. The van der Waals surface area contributed by atoms with E-state index < -0.39 is 6.09 Å². The molecule has 3 aromatic rings. The van der Waals surface area contributed by atoms with Crippen molar-refractivity contribution in [3.8, 4) is 0 Å². The zero-order chi connectivity index (χ0) is 24.1. The molecule has 174 valence electrons. The number of methoxy groups -OCH3 is 1. The number of benzene rings is 3. The van der Waals surface area contributed by atoms with Gasteiger partial charge in [0, 0.05) is 28.5 Å². The van der Waals surface area contributed by atoms with E-state index in [2.05, 4.69) is 32.9 Å². The van der Waals surface area contributed by atoms with Crippen molar-refractivity contribution in [2.45, 2.75) is 13.5 Å². The van der Waals surface area contributed by atoms with E-state index in [0.29, 0.717) is 27.7 Å². The lowest BCUT2D eigenvalue weighted by Gasteiger charge is -2.16. The van der Waals surface area contributed by atoms with E-state index in [0.717, 1.165) is 29.9 Å². The third kappa shape index (κ3) is 5.22. The molecule has 0 bridgehead atoms. The summed E-state index contributed by atoms with van der Waals surface area (Å²) in [4.78, 5) is 24.6. The van der Waals surface area contributed by atoms with Crippen molar-refractivity contribution in [3.05, 3.63) is 88.4 Å². The Bertz CT molecular complexity index is 1240. The maximum atomic E-state index is 13.0. The van der Waals surface area contributed by atoms with Gasteiger partial charge in [-0.05, 0) is 54.1 Å². The molecule has 1 heterocycles. The van der Waals surface area contributed by atoms with Gasteiger partial charge in [-0.2, -0.15) is 0 Å². The van der Waals surface area contributed by atoms with Gasteiger partial charge in [0.1, 0.15) is 0 Å². The van der Waals surface area contributed by atoms with Gasteiger partial charge in [-0.15, -0.1) is 0 Å². The molecule has 4 N–H and O–H groups in total. The summed E-state index contributed by atoms with van der Waals surface area (Å²) in [6.07, 6.45) is -0.553. The lowest BCUT2D eigenvalue weighted by atomic mass is 9.99. The van der Waals surface area contributed by atoms with Crippen LogP contribution in [-0.4, -0.2) is 25.7 Å². The summed E-state index contributed by atoms with van der Waals surface area (Å²) >= 11 is 6.13. The van der Waals surface area contributed by atoms with Crippen LogP contribution in [0.25, 0.3) is 11.3 Å². The molecular weight excluding hydrogens is 452 g/mol. The van der Waals surface area contributed by atoms with E-state index in [1.807, 2.05) is 42.5 Å². The number of amides is 2. The minimum absolute atomic E-state index is 0.222. The predicted molar refractivity (Wildman–Crippen MR) is 137 cm³/mol. The molecule has 8 heteroatoms. The topological polar surface area (TPSA) is 91.5 Å². The zero-order valence-corrected chi connectivity index (χ0v) is 19.6. The van der Waals surface area contributed by atoms with E-state index in [-0.39, 0.29) is 5.91 Å². The van der Waals surface area contributed by atoms with Gasteiger partial charge in [-0.3, -0.25) is 10.1 Å². The molecule has 0 aromatic heterocycles. The Morgan fingerprint density at radius 2 is 1.65 bits per heavy atom. The molecule has 7 nitrogen and oxygen atoms in total. The maximum absolute atomic E-state index is 13.0. The van der Waals surface area contributed by atoms with Crippen molar-refractivity contribution in [2.75, 3.05) is 29.6 Å². The number of fused-ring (bicyclic) bond motifs is 1. The maximum Gasteiger partial charge on any atom is 0.411 e. The van der Waals surface area contributed by atoms with Crippen LogP contribution in [0.2, 0.25) is 5.02 Å². The van der Waals surface area contributed by atoms with E-state index >= 15 is 0 Å². The minimum atomic E-state index is -0.553. The molecule has 0 spiro atoms. The quantitative estimate of drug-likeness (QED) is 0.335. The fraction of sp³-hybridized carbons (Fsp3) is 0.154. The molecule has 1 aliphatic heterocycles. The first-order valence-corrected chi connectivity index (χ1v) is 11.2. The summed E-state index contributed by atoms with van der Waals surface area (Å²) in [6, 6.07) is 20.6. The standard InChI is InChI=1S/C26H25ClN4O3/c1-3-28-15-16-4-9-19(10-5-16)29-24(17-6-11-20(12-7-17)30-26(33)34-2)23-21-13-8-18(27)14-22(21)31-25(23)32/h4-14,28-29H,3,15H2,1-2H3,(H,30,33)(H,31,32)/b24-23-. The van der Waals surface area contributed by atoms with E-state index in [9.17, 15) is 9.59 Å². The van der Waals surface area contributed by atoms with Gasteiger partial charge in [0.2, 0.25) is 0 Å². The monoisotopic (exact) mass is 476 g/mol. The first-order chi connectivity index (χ1) is 16.5. The highest BCUT2D eigenvalue weighted by atomic mass is 35.5. The molecule has 0 saturated carbocycles. The van der Waals surface area contributed by atoms with Crippen molar-refractivity contribution >= 4 is 51.9 Å². The summed E-state index contributed by atoms with van der Waals surface area (Å²) in [5, 5.41) is 12.8. The fourth-order valence-electron chi connectivity index (χ4n) is 3.68. The van der Waals surface area contributed by atoms with Gasteiger partial charge in [0.25, 0.3) is 5.91 Å². The van der Waals surface area contributed by atoms with Crippen molar-refractivity contribution in [1.82, 2.24) is 5.32 Å². The molecule has 0 fully saturated rings. The van der Waals surface area contributed by atoms with Crippen molar-refractivity contribution in [1.29, 1.82) is 0 Å². The fourth-order valence-corrected chi connectivity index (χ4v) is 3.85. The SMILES string of the molecule is CCNCc1ccc(N/C(=C2\C(=O)Nc3cc(Cl)ccc32)c2ccc(NC(=O)OC)cc2)cc1. The van der Waals surface area contributed by atoms with Crippen LogP contribution in [0.15, 0.2) is 66.7 Å². The Morgan fingerprint density at radius 1 is 0.971 bits per heavy atom. The highest BCUT2D eigenvalue weighted by Gasteiger charge is 2.28. The molecule has 0 unspecified atom stereocenters. The van der Waals surface area contributed by atoms with Crippen LogP contribution in [0.4, 0.5) is 21.9 Å². The number of ether oxygens (including phenoxy) is 1. The van der Waals surface area contributed by atoms with Crippen LogP contribution >= 0.6 is 11.6 Å². The molecule has 2 amide bonds. The van der Waals surface area contributed by atoms with Crippen LogP contribution in [0.3, 0.4) is 0 Å². The summed E-state index contributed by atoms with van der Waals surface area (Å²) in [5.41, 5.74) is 5.94. The van der Waals surface area contributed by atoms with Crippen LogP contribution in [0, 0.1) is 0 Å². The van der Waals surface area contributed by atoms with Crippen LogP contribution in [-0.2, 0) is 16.1 Å². The molecule has 0 saturated heterocycles. The summed E-state index contributed by atoms with van der Waals surface area (Å²) in [7, 11) is 1.31. The smallest absolute Gasteiger partial charge is 0.411 e. The van der Waals surface area contributed by atoms with Crippen LogP contribution in [0.5, 0.6) is 0 Å². The second-order valence-electron chi connectivity index (χ2n) is 7.69. The molecule has 0 radical (unpaired) electrons. The number of halogens is 1. The van der Waals surface area contributed by atoms with E-state index in [1.165, 1.54) is 12.7 Å². The average molecular weight is 477 g/mol. The average Bonchev–Trinajstić information content (AvgIpc) is 3.17. The Labute approximate surface area is 203 Å². The van der Waals surface area contributed by atoms with Crippen molar-refractivity contribution in [2.24, 2.45) is 0 Å². The normalized spacial score (nSPS) is 13.7. The number of carbonyl (C=O) groups excluding carboxylic acids is 2. The molecule has 4 rings (SSSR count). The highest BCUT2D eigenvalue weighted by Crippen LogP contribution is 2.39. The van der Waals surface area contributed by atoms with Crippen LogP contribution < -0.4 is 21.3 Å². The molecule has 0 aliphatic carbocycles. The number of hydrogen-bond acceptors (Lipinski definition) is 5. The first kappa shape index (κ1) is 23.4. The van der Waals surface area contributed by atoms with Crippen molar-refractivity contribution in [3.63, 3.8) is 0 Å². The predicted octanol–water partition coefficient (Wildman–Crippen LogP) is 5.56. The summed E-state index contributed by atoms with van der Waals surface area (Å²) in [6.45, 7) is 3.75. The van der Waals surface area contributed by atoms with Crippen LogP contribution in [0.1, 0.15) is 23.6 Å². The number of carbonyl (C=O) groups is 2. The molecule has 1 aliphatic rings. The van der Waals surface area contributed by atoms with Crippen molar-refractivity contribution < 1.29 is 14.3 Å². The number of hydrogen-bond donors (Lipinski definition) is 4. The number of anilines is 3. The lowest BCUT2D eigenvalue weighted by molar-refractivity contribution is -0.110.